The smallest absolute Gasteiger partial charge is 0.310 e. The predicted molar refractivity (Wildman–Crippen MR) is 153 cm³/mol. The molecule has 8 nitrogen and oxygen atoms in total. The molecule has 1 aliphatic carbocycles. The molecule has 40 heavy (non-hydrogen) atoms. The van der Waals surface area contributed by atoms with Gasteiger partial charge in [0.15, 0.2) is 0 Å². The van der Waals surface area contributed by atoms with Crippen LogP contribution in [0.5, 0.6) is 5.75 Å². The highest BCUT2D eigenvalue weighted by Crippen LogP contribution is 2.46. The number of carboxylic acid groups (broad SMARTS) is 1. The molecule has 3 atom stereocenters. The monoisotopic (exact) mass is 539 g/mol. The third kappa shape index (κ3) is 4.35. The molecule has 0 saturated heterocycles. The molecule has 3 heterocycles. The van der Waals surface area contributed by atoms with Crippen LogP contribution in [0.15, 0.2) is 48.8 Å². The van der Waals surface area contributed by atoms with E-state index in [2.05, 4.69) is 51.4 Å². The summed E-state index contributed by atoms with van der Waals surface area (Å²) in [6.45, 7) is 9.47. The van der Waals surface area contributed by atoms with Crippen molar-refractivity contribution in [2.24, 2.45) is 12.5 Å². The Balaban J connectivity index is 1.44. The van der Waals surface area contributed by atoms with Crippen molar-refractivity contribution >= 4 is 17.0 Å². The van der Waals surface area contributed by atoms with Crippen molar-refractivity contribution < 1.29 is 14.6 Å². The molecule has 0 fully saturated rings. The van der Waals surface area contributed by atoms with Crippen molar-refractivity contribution in [1.29, 1.82) is 0 Å². The molecule has 1 aliphatic heterocycles. The lowest BCUT2D eigenvalue weighted by Gasteiger charge is -2.34. The van der Waals surface area contributed by atoms with Gasteiger partial charge in [-0.1, -0.05) is 36.4 Å². The summed E-state index contributed by atoms with van der Waals surface area (Å²) in [4.78, 5) is 19.6. The minimum Gasteiger partial charge on any atom is -0.489 e. The van der Waals surface area contributed by atoms with Crippen LogP contribution >= 0.6 is 0 Å². The largest absolute Gasteiger partial charge is 0.489 e. The Morgan fingerprint density at radius 3 is 2.80 bits per heavy atom. The first-order valence-corrected chi connectivity index (χ1v) is 14.2. The summed E-state index contributed by atoms with van der Waals surface area (Å²) in [5.74, 6) is -0.258. The zero-order valence-corrected chi connectivity index (χ0v) is 23.9. The average molecular weight is 540 g/mol. The van der Waals surface area contributed by atoms with Crippen LogP contribution in [0.3, 0.4) is 0 Å². The van der Waals surface area contributed by atoms with Gasteiger partial charge in [-0.3, -0.25) is 14.7 Å². The molecule has 208 valence electrons. The number of benzene rings is 2. The van der Waals surface area contributed by atoms with Gasteiger partial charge in [-0.25, -0.2) is 4.68 Å². The molecule has 6 rings (SSSR count). The third-order valence-corrected chi connectivity index (χ3v) is 9.07. The minimum absolute atomic E-state index is 0.107. The van der Waals surface area contributed by atoms with E-state index in [9.17, 15) is 9.90 Å². The summed E-state index contributed by atoms with van der Waals surface area (Å²) >= 11 is 0. The fourth-order valence-corrected chi connectivity index (χ4v) is 6.69. The van der Waals surface area contributed by atoms with Crippen LogP contribution in [0.25, 0.3) is 11.0 Å². The lowest BCUT2D eigenvalue weighted by molar-refractivity contribution is -0.147. The van der Waals surface area contributed by atoms with E-state index in [1.807, 2.05) is 46.1 Å². The topological polar surface area (TPSA) is 93.4 Å². The maximum absolute atomic E-state index is 12.7. The number of aromatic nitrogens is 4. The molecule has 0 spiro atoms. The zero-order chi connectivity index (χ0) is 28.2. The van der Waals surface area contributed by atoms with Crippen molar-refractivity contribution in [3.8, 4) is 5.75 Å². The number of aliphatic carboxylic acids is 1. The second kappa shape index (κ2) is 10.0. The first-order valence-electron chi connectivity index (χ1n) is 14.2. The van der Waals surface area contributed by atoms with E-state index >= 15 is 0 Å². The van der Waals surface area contributed by atoms with Crippen molar-refractivity contribution in [2.45, 2.75) is 71.6 Å². The highest BCUT2D eigenvalue weighted by atomic mass is 16.5. The molecule has 1 N–H and O–H groups in total. The molecule has 4 aromatic rings. The second-order valence-corrected chi connectivity index (χ2v) is 11.9. The summed E-state index contributed by atoms with van der Waals surface area (Å²) in [6, 6.07) is 12.9. The summed E-state index contributed by atoms with van der Waals surface area (Å²) in [5, 5.41) is 19.0. The van der Waals surface area contributed by atoms with E-state index < -0.39 is 11.4 Å². The molecule has 0 amide bonds. The molecular formula is C32H37N5O3. The van der Waals surface area contributed by atoms with Gasteiger partial charge in [-0.2, -0.15) is 0 Å². The summed E-state index contributed by atoms with van der Waals surface area (Å²) in [5.41, 5.74) is 7.42. The normalized spacial score (nSPS) is 20.0. The molecule has 2 aromatic heterocycles. The van der Waals surface area contributed by atoms with Crippen molar-refractivity contribution in [3.63, 3.8) is 0 Å². The number of carbonyl (C=O) groups is 1. The van der Waals surface area contributed by atoms with E-state index in [0.29, 0.717) is 0 Å². The molecule has 0 saturated carbocycles. The van der Waals surface area contributed by atoms with Gasteiger partial charge in [-0.05, 0) is 80.0 Å². The fraction of sp³-hybridized carbons (Fsp3) is 0.438. The Kier molecular flexibility index (Phi) is 6.61. The van der Waals surface area contributed by atoms with Gasteiger partial charge in [0.1, 0.15) is 17.4 Å². The summed E-state index contributed by atoms with van der Waals surface area (Å²) in [7, 11) is 1.87. The third-order valence-electron chi connectivity index (χ3n) is 9.07. The van der Waals surface area contributed by atoms with Gasteiger partial charge in [-0.15, -0.1) is 5.10 Å². The van der Waals surface area contributed by atoms with Crippen molar-refractivity contribution in [3.05, 3.63) is 82.2 Å². The number of pyridine rings is 1. The molecule has 0 radical (unpaired) electrons. The van der Waals surface area contributed by atoms with Crippen LogP contribution in [0, 0.1) is 12.3 Å². The van der Waals surface area contributed by atoms with Crippen LogP contribution in [0.4, 0.5) is 0 Å². The van der Waals surface area contributed by atoms with Gasteiger partial charge in [0.25, 0.3) is 0 Å². The van der Waals surface area contributed by atoms with Crippen LogP contribution in [0.1, 0.15) is 79.0 Å². The minimum atomic E-state index is -1.04. The van der Waals surface area contributed by atoms with Crippen molar-refractivity contribution in [2.75, 3.05) is 6.54 Å². The quantitative estimate of drug-likeness (QED) is 0.342. The van der Waals surface area contributed by atoms with Gasteiger partial charge in [0, 0.05) is 50.1 Å². The van der Waals surface area contributed by atoms with Crippen LogP contribution < -0.4 is 4.74 Å². The van der Waals surface area contributed by atoms with Crippen LogP contribution in [-0.2, 0) is 24.8 Å². The first-order chi connectivity index (χ1) is 19.2. The predicted octanol–water partition coefficient (Wildman–Crippen LogP) is 5.57. The number of fused-ring (bicyclic) bond motifs is 3. The maximum Gasteiger partial charge on any atom is 0.310 e. The van der Waals surface area contributed by atoms with E-state index in [0.717, 1.165) is 71.4 Å². The Hall–Kier alpha value is -3.78. The summed E-state index contributed by atoms with van der Waals surface area (Å²) in [6.07, 6.45) is 6.79. The molecule has 0 bridgehead atoms. The number of aryl methyl sites for hydroxylation is 3. The van der Waals surface area contributed by atoms with Crippen LogP contribution in [-0.4, -0.2) is 48.6 Å². The molecular weight excluding hydrogens is 502 g/mol. The van der Waals surface area contributed by atoms with E-state index in [1.54, 1.807) is 10.9 Å². The van der Waals surface area contributed by atoms with E-state index in [4.69, 9.17) is 4.74 Å². The van der Waals surface area contributed by atoms with Gasteiger partial charge in [0.05, 0.1) is 10.9 Å². The lowest BCUT2D eigenvalue weighted by Crippen LogP contribution is -2.35. The Morgan fingerprint density at radius 1 is 1.20 bits per heavy atom. The first kappa shape index (κ1) is 26.4. The Labute approximate surface area is 235 Å². The number of nitrogens with zero attached hydrogens (tertiary/aromatic N) is 5. The number of carboxylic acids is 1. The Morgan fingerprint density at radius 2 is 2.02 bits per heavy atom. The average Bonchev–Trinajstić information content (AvgIpc) is 3.47. The SMILES string of the molecule is CCC1CN(C2CCc3ccc(C(c4ccc5c(nnn5C)c4C)C(C)(C)C(=O)O)cc32)Cc2cnccc2O1. The standard InChI is InChI=1S/C32H37N5O3/c1-6-23-18-37(17-22-16-33-14-13-28(22)40-23)26-11-9-20-7-8-21(15-25(20)26)29(32(3,4)31(38)39)24-10-12-27-30(19(24)2)34-35-36(27)5/h7-8,10,12-16,23,26,29H,6,9,11,17-18H2,1-5H3,(H,38,39). The molecule has 2 aliphatic rings. The Bertz CT molecular complexity index is 1590. The fourth-order valence-electron chi connectivity index (χ4n) is 6.69. The molecule has 2 aromatic carbocycles. The zero-order valence-electron chi connectivity index (χ0n) is 23.9. The van der Waals surface area contributed by atoms with E-state index in [1.165, 1.54) is 11.1 Å². The maximum atomic E-state index is 12.7. The van der Waals surface area contributed by atoms with E-state index in [-0.39, 0.29) is 18.1 Å². The second-order valence-electron chi connectivity index (χ2n) is 11.9. The number of hydrogen-bond donors (Lipinski definition) is 1. The number of ether oxygens (including phenoxy) is 1. The summed E-state index contributed by atoms with van der Waals surface area (Å²) < 4.78 is 8.12. The number of rotatable bonds is 6. The molecule has 3 unspecified atom stereocenters. The van der Waals surface area contributed by atoms with Crippen molar-refractivity contribution in [1.82, 2.24) is 24.9 Å². The van der Waals surface area contributed by atoms with Gasteiger partial charge >= 0.3 is 5.97 Å². The van der Waals surface area contributed by atoms with Crippen LogP contribution in [0.2, 0.25) is 0 Å². The lowest BCUT2D eigenvalue weighted by atomic mass is 9.69. The van der Waals surface area contributed by atoms with Gasteiger partial charge in [0.2, 0.25) is 0 Å². The highest BCUT2D eigenvalue weighted by Gasteiger charge is 2.41. The highest BCUT2D eigenvalue weighted by molar-refractivity contribution is 5.81. The number of hydrogen-bond acceptors (Lipinski definition) is 6. The molecule has 8 heteroatoms. The van der Waals surface area contributed by atoms with Gasteiger partial charge < -0.3 is 9.84 Å².